The summed E-state index contributed by atoms with van der Waals surface area (Å²) < 4.78 is 0. The van der Waals surface area contributed by atoms with E-state index < -0.39 is 5.25 Å². The number of nitrogens with one attached hydrogen (secondary N) is 2. The number of thiol groups is 1. The van der Waals surface area contributed by atoms with Crippen LogP contribution < -0.4 is 16.5 Å². The van der Waals surface area contributed by atoms with Crippen LogP contribution in [0.2, 0.25) is 0 Å². The van der Waals surface area contributed by atoms with Crippen molar-refractivity contribution >= 4 is 35.9 Å². The normalized spacial score (nSPS) is 14.8. The molecule has 1 saturated heterocycles. The van der Waals surface area contributed by atoms with Gasteiger partial charge in [0.25, 0.3) is 0 Å². The molecule has 1 fully saturated rings. The maximum atomic E-state index is 12.5. The average molecular weight is 546 g/mol. The van der Waals surface area contributed by atoms with Gasteiger partial charge in [0.2, 0.25) is 11.8 Å². The Bertz CT molecular complexity index is 1380. The van der Waals surface area contributed by atoms with Crippen LogP contribution in [0.25, 0.3) is 11.3 Å². The van der Waals surface area contributed by atoms with Gasteiger partial charge in [-0.05, 0) is 37.7 Å². The molecule has 12 heteroatoms. The van der Waals surface area contributed by atoms with Crippen molar-refractivity contribution in [3.63, 3.8) is 0 Å². The summed E-state index contributed by atoms with van der Waals surface area (Å²) in [5, 5.41) is 13.7. The highest BCUT2D eigenvalue weighted by Gasteiger charge is 2.21. The summed E-state index contributed by atoms with van der Waals surface area (Å²) in [6.45, 7) is 4.86. The first kappa shape index (κ1) is 28.0. The van der Waals surface area contributed by atoms with Crippen LogP contribution in [0, 0.1) is 11.3 Å². The number of aromatic nitrogens is 3. The SMILES string of the molecule is CC(=O)Nc1ccc(-c2nc(C(S)c3cccc(CCC(=O)NN4CCN(C)CC4)n3)nc(N)c2C#N)cc1. The Hall–Kier alpha value is -4.05. The van der Waals surface area contributed by atoms with Crippen molar-refractivity contribution in [2.75, 3.05) is 44.3 Å². The van der Waals surface area contributed by atoms with E-state index in [0.717, 1.165) is 31.9 Å². The van der Waals surface area contributed by atoms with Crippen molar-refractivity contribution < 1.29 is 9.59 Å². The molecule has 39 heavy (non-hydrogen) atoms. The van der Waals surface area contributed by atoms with E-state index >= 15 is 0 Å². The number of nitrogen functional groups attached to an aromatic ring is 1. The van der Waals surface area contributed by atoms with E-state index in [-0.39, 0.29) is 23.2 Å². The van der Waals surface area contributed by atoms with Crippen LogP contribution in [-0.2, 0) is 16.0 Å². The first-order valence-corrected chi connectivity index (χ1v) is 13.1. The zero-order valence-electron chi connectivity index (χ0n) is 21.9. The van der Waals surface area contributed by atoms with Gasteiger partial charge in [-0.2, -0.15) is 17.9 Å². The fourth-order valence-corrected chi connectivity index (χ4v) is 4.43. The monoisotopic (exact) mass is 545 g/mol. The number of hydrogen-bond donors (Lipinski definition) is 4. The van der Waals surface area contributed by atoms with Crippen molar-refractivity contribution in [3.8, 4) is 17.3 Å². The van der Waals surface area contributed by atoms with Crippen molar-refractivity contribution in [3.05, 3.63) is 65.2 Å². The van der Waals surface area contributed by atoms with Gasteiger partial charge in [0.15, 0.2) is 0 Å². The Kier molecular flexibility index (Phi) is 9.08. The number of rotatable bonds is 8. The fourth-order valence-electron chi connectivity index (χ4n) is 4.17. The molecule has 2 aromatic heterocycles. The van der Waals surface area contributed by atoms with Gasteiger partial charge < -0.3 is 16.0 Å². The second kappa shape index (κ2) is 12.7. The molecule has 1 aliphatic heterocycles. The third kappa shape index (κ3) is 7.29. The molecule has 1 atom stereocenters. The lowest BCUT2D eigenvalue weighted by Crippen LogP contribution is -2.52. The van der Waals surface area contributed by atoms with Gasteiger partial charge in [0, 0.05) is 56.5 Å². The summed E-state index contributed by atoms with van der Waals surface area (Å²) in [6.07, 6.45) is 0.773. The lowest BCUT2D eigenvalue weighted by molar-refractivity contribution is -0.126. The molecule has 0 spiro atoms. The summed E-state index contributed by atoms with van der Waals surface area (Å²) in [6, 6.07) is 14.5. The number of anilines is 2. The summed E-state index contributed by atoms with van der Waals surface area (Å²) in [5.41, 5.74) is 12.2. The van der Waals surface area contributed by atoms with Crippen LogP contribution in [0.15, 0.2) is 42.5 Å². The van der Waals surface area contributed by atoms with Gasteiger partial charge in [0.05, 0.1) is 11.4 Å². The summed E-state index contributed by atoms with van der Waals surface area (Å²) in [7, 11) is 2.07. The van der Waals surface area contributed by atoms with Gasteiger partial charge in [-0.3, -0.25) is 20.0 Å². The van der Waals surface area contributed by atoms with E-state index in [9.17, 15) is 14.9 Å². The number of nitrogens with zero attached hydrogens (tertiary/aromatic N) is 6. The number of aryl methyl sites for hydroxylation is 1. The van der Waals surface area contributed by atoms with Crippen molar-refractivity contribution in [2.24, 2.45) is 0 Å². The molecule has 3 aromatic rings. The van der Waals surface area contributed by atoms with Gasteiger partial charge in [-0.1, -0.05) is 18.2 Å². The number of pyridine rings is 1. The number of hydrazine groups is 1. The largest absolute Gasteiger partial charge is 0.382 e. The molecule has 0 bridgehead atoms. The number of carbonyl (C=O) groups is 2. The van der Waals surface area contributed by atoms with E-state index in [1.807, 2.05) is 23.2 Å². The molecular weight excluding hydrogens is 514 g/mol. The van der Waals surface area contributed by atoms with Crippen molar-refractivity contribution in [2.45, 2.75) is 25.0 Å². The van der Waals surface area contributed by atoms with Crippen LogP contribution in [0.3, 0.4) is 0 Å². The number of nitrogens with two attached hydrogens (primary N) is 1. The van der Waals surface area contributed by atoms with Gasteiger partial charge in [-0.15, -0.1) is 0 Å². The van der Waals surface area contributed by atoms with Crippen LogP contribution in [-0.4, -0.2) is 69.9 Å². The minimum atomic E-state index is -0.614. The minimum absolute atomic E-state index is 0.0409. The topological polar surface area (TPSA) is 153 Å². The summed E-state index contributed by atoms with van der Waals surface area (Å²) in [5.74, 6) is 0.108. The maximum Gasteiger partial charge on any atom is 0.234 e. The molecule has 4 N–H and O–H groups in total. The smallest absolute Gasteiger partial charge is 0.234 e. The fraction of sp³-hybridized carbons (Fsp3) is 0.333. The highest BCUT2D eigenvalue weighted by atomic mass is 32.1. The Morgan fingerprint density at radius 3 is 2.49 bits per heavy atom. The van der Waals surface area contributed by atoms with E-state index in [0.29, 0.717) is 41.3 Å². The molecule has 2 amide bonds. The van der Waals surface area contributed by atoms with E-state index in [1.165, 1.54) is 6.92 Å². The first-order chi connectivity index (χ1) is 18.7. The third-order valence-electron chi connectivity index (χ3n) is 6.29. The molecule has 0 aliphatic carbocycles. The van der Waals surface area contributed by atoms with E-state index in [2.05, 4.69) is 43.7 Å². The predicted molar refractivity (Wildman–Crippen MR) is 151 cm³/mol. The highest BCUT2D eigenvalue weighted by Crippen LogP contribution is 2.31. The number of piperazine rings is 1. The second-order valence-electron chi connectivity index (χ2n) is 9.34. The van der Waals surface area contributed by atoms with Gasteiger partial charge >= 0.3 is 0 Å². The summed E-state index contributed by atoms with van der Waals surface area (Å²) in [4.78, 5) is 39.7. The Morgan fingerprint density at radius 1 is 1.10 bits per heavy atom. The third-order valence-corrected chi connectivity index (χ3v) is 6.79. The van der Waals surface area contributed by atoms with Crippen LogP contribution in [0.5, 0.6) is 0 Å². The zero-order valence-corrected chi connectivity index (χ0v) is 22.8. The number of benzene rings is 1. The van der Waals surface area contributed by atoms with Crippen molar-refractivity contribution in [1.82, 2.24) is 30.3 Å². The molecule has 4 rings (SSSR count). The van der Waals surface area contributed by atoms with Crippen LogP contribution >= 0.6 is 12.6 Å². The average Bonchev–Trinajstić information content (AvgIpc) is 2.92. The lowest BCUT2D eigenvalue weighted by atomic mass is 10.1. The number of nitriles is 1. The quantitative estimate of drug-likeness (QED) is 0.312. The van der Waals surface area contributed by atoms with Gasteiger partial charge in [0.1, 0.15) is 28.5 Å². The highest BCUT2D eigenvalue weighted by molar-refractivity contribution is 7.80. The van der Waals surface area contributed by atoms with Crippen LogP contribution in [0.1, 0.15) is 41.4 Å². The Balaban J connectivity index is 1.49. The van der Waals surface area contributed by atoms with E-state index in [1.54, 1.807) is 24.3 Å². The molecular formula is C27H31N9O2S. The van der Waals surface area contributed by atoms with Crippen LogP contribution in [0.4, 0.5) is 11.5 Å². The Morgan fingerprint density at radius 2 is 1.82 bits per heavy atom. The van der Waals surface area contributed by atoms with E-state index in [4.69, 9.17) is 18.4 Å². The number of amides is 2. The second-order valence-corrected chi connectivity index (χ2v) is 9.86. The molecule has 11 nitrogen and oxygen atoms in total. The Labute approximate surface area is 232 Å². The van der Waals surface area contributed by atoms with Crippen molar-refractivity contribution in [1.29, 1.82) is 5.26 Å². The lowest BCUT2D eigenvalue weighted by Gasteiger charge is -2.32. The molecule has 0 saturated carbocycles. The first-order valence-electron chi connectivity index (χ1n) is 12.6. The molecule has 1 unspecified atom stereocenters. The standard InChI is InChI=1S/C27H31N9O2S/c1-17(37)30-20-8-6-18(7-9-20)24-21(16-28)26(29)33-27(32-24)25(39)22-5-3-4-19(31-22)10-11-23(38)34-36-14-12-35(2)13-15-36/h3-9,25,39H,10-15H2,1-2H3,(H,30,37)(H,34,38)(H2,29,32,33). The number of likely N-dealkylation sites (N-methyl/N-ethyl adjacent to an activating group) is 1. The molecule has 3 heterocycles. The predicted octanol–water partition coefficient (Wildman–Crippen LogP) is 2.18. The van der Waals surface area contributed by atoms with Gasteiger partial charge in [-0.25, -0.2) is 15.0 Å². The molecule has 1 aromatic carbocycles. The minimum Gasteiger partial charge on any atom is -0.382 e. The molecule has 202 valence electrons. The maximum absolute atomic E-state index is 12.5. The number of carbonyl (C=O) groups excluding carboxylic acids is 2. The number of hydrogen-bond acceptors (Lipinski definition) is 10. The summed E-state index contributed by atoms with van der Waals surface area (Å²) >= 11 is 4.72. The molecule has 1 aliphatic rings. The molecule has 0 radical (unpaired) electrons. The zero-order chi connectivity index (χ0) is 27.9.